The standard InChI is InChI=1S/C16H22N2O3S/c1-3-22(20,21)12-13(2)17-16(19)9-11-18-10-8-14-6-4-5-7-15(14)18/h4-8,10,13H,3,9,11-12H2,1-2H3,(H,17,19). The molecule has 1 aromatic carbocycles. The molecular formula is C16H22N2O3S. The molecule has 22 heavy (non-hydrogen) atoms. The van der Waals surface area contributed by atoms with Crippen LogP contribution < -0.4 is 5.32 Å². The third-order valence-corrected chi connectivity index (χ3v) is 5.50. The highest BCUT2D eigenvalue weighted by Gasteiger charge is 2.15. The zero-order valence-electron chi connectivity index (χ0n) is 13.0. The second kappa shape index (κ2) is 6.96. The van der Waals surface area contributed by atoms with Crippen LogP contribution in [0.15, 0.2) is 36.5 Å². The molecule has 0 aliphatic carbocycles. The molecular weight excluding hydrogens is 300 g/mol. The molecule has 0 spiro atoms. The molecule has 1 heterocycles. The molecule has 0 saturated heterocycles. The summed E-state index contributed by atoms with van der Waals surface area (Å²) < 4.78 is 25.1. The van der Waals surface area contributed by atoms with Gasteiger partial charge in [0.1, 0.15) is 0 Å². The summed E-state index contributed by atoms with van der Waals surface area (Å²) in [6.45, 7) is 3.91. The number of rotatable bonds is 7. The van der Waals surface area contributed by atoms with Crippen LogP contribution in [0.1, 0.15) is 20.3 Å². The third kappa shape index (κ3) is 4.34. The number of sulfone groups is 1. The van der Waals surface area contributed by atoms with E-state index in [1.54, 1.807) is 13.8 Å². The zero-order chi connectivity index (χ0) is 16.2. The van der Waals surface area contributed by atoms with Gasteiger partial charge >= 0.3 is 0 Å². The largest absolute Gasteiger partial charge is 0.353 e. The maximum Gasteiger partial charge on any atom is 0.222 e. The summed E-state index contributed by atoms with van der Waals surface area (Å²) in [6, 6.07) is 9.65. The van der Waals surface area contributed by atoms with Crippen molar-refractivity contribution in [2.75, 3.05) is 11.5 Å². The first kappa shape index (κ1) is 16.5. The smallest absolute Gasteiger partial charge is 0.222 e. The molecule has 0 saturated carbocycles. The van der Waals surface area contributed by atoms with Gasteiger partial charge in [0.2, 0.25) is 5.91 Å². The normalized spacial score (nSPS) is 13.2. The lowest BCUT2D eigenvalue weighted by Gasteiger charge is -2.14. The van der Waals surface area contributed by atoms with Crippen molar-refractivity contribution >= 4 is 26.6 Å². The Morgan fingerprint density at radius 3 is 2.73 bits per heavy atom. The van der Waals surface area contributed by atoms with E-state index in [2.05, 4.69) is 5.32 Å². The molecule has 6 heteroatoms. The number of carbonyl (C=O) groups excluding carboxylic acids is 1. The average Bonchev–Trinajstić information content (AvgIpc) is 2.87. The Kier molecular flexibility index (Phi) is 5.24. The molecule has 120 valence electrons. The number of amides is 1. The second-order valence-corrected chi connectivity index (χ2v) is 7.88. The SMILES string of the molecule is CCS(=O)(=O)CC(C)NC(=O)CCn1ccc2ccccc21. The Morgan fingerprint density at radius 2 is 2.00 bits per heavy atom. The summed E-state index contributed by atoms with van der Waals surface area (Å²) in [4.78, 5) is 11.9. The third-order valence-electron chi connectivity index (χ3n) is 3.61. The van der Waals surface area contributed by atoms with Gasteiger partial charge in [0, 0.05) is 36.5 Å². The zero-order valence-corrected chi connectivity index (χ0v) is 13.8. The highest BCUT2D eigenvalue weighted by atomic mass is 32.2. The minimum atomic E-state index is -3.07. The van der Waals surface area contributed by atoms with Crippen LogP contribution in [0.4, 0.5) is 0 Å². The van der Waals surface area contributed by atoms with Gasteiger partial charge in [0.05, 0.1) is 5.75 Å². The van der Waals surface area contributed by atoms with Crippen molar-refractivity contribution in [1.82, 2.24) is 9.88 Å². The Morgan fingerprint density at radius 1 is 1.27 bits per heavy atom. The topological polar surface area (TPSA) is 68.2 Å². The molecule has 1 amide bonds. The van der Waals surface area contributed by atoms with Crippen molar-refractivity contribution in [1.29, 1.82) is 0 Å². The molecule has 1 N–H and O–H groups in total. The van der Waals surface area contributed by atoms with Gasteiger partial charge in [-0.15, -0.1) is 0 Å². The average molecular weight is 322 g/mol. The van der Waals surface area contributed by atoms with E-state index in [9.17, 15) is 13.2 Å². The molecule has 0 fully saturated rings. The fourth-order valence-electron chi connectivity index (χ4n) is 2.44. The maximum atomic E-state index is 11.9. The highest BCUT2D eigenvalue weighted by Crippen LogP contribution is 2.15. The number of aromatic nitrogens is 1. The molecule has 2 aromatic rings. The fourth-order valence-corrected chi connectivity index (χ4v) is 3.53. The van der Waals surface area contributed by atoms with Crippen molar-refractivity contribution in [3.8, 4) is 0 Å². The number of nitrogens with one attached hydrogen (secondary N) is 1. The van der Waals surface area contributed by atoms with E-state index in [1.807, 2.05) is 41.1 Å². The lowest BCUT2D eigenvalue weighted by molar-refractivity contribution is -0.121. The number of nitrogens with zero attached hydrogens (tertiary/aromatic N) is 1. The Labute approximate surface area is 131 Å². The van der Waals surface area contributed by atoms with Gasteiger partial charge in [-0.3, -0.25) is 4.79 Å². The summed E-state index contributed by atoms with van der Waals surface area (Å²) in [5.74, 6) is -0.0406. The minimum Gasteiger partial charge on any atom is -0.353 e. The summed E-state index contributed by atoms with van der Waals surface area (Å²) >= 11 is 0. The van der Waals surface area contributed by atoms with Gasteiger partial charge in [0.25, 0.3) is 0 Å². The van der Waals surface area contributed by atoms with Crippen LogP contribution in [0.3, 0.4) is 0 Å². The first-order valence-corrected chi connectivity index (χ1v) is 9.27. The van der Waals surface area contributed by atoms with Crippen molar-refractivity contribution in [3.05, 3.63) is 36.5 Å². The van der Waals surface area contributed by atoms with E-state index < -0.39 is 9.84 Å². The van der Waals surface area contributed by atoms with Gasteiger partial charge in [-0.25, -0.2) is 8.42 Å². The molecule has 1 unspecified atom stereocenters. The first-order valence-electron chi connectivity index (χ1n) is 7.45. The minimum absolute atomic E-state index is 0.0122. The molecule has 0 radical (unpaired) electrons. The van der Waals surface area contributed by atoms with Crippen molar-refractivity contribution in [2.45, 2.75) is 32.9 Å². The van der Waals surface area contributed by atoms with Crippen molar-refractivity contribution < 1.29 is 13.2 Å². The van der Waals surface area contributed by atoms with Crippen molar-refractivity contribution in [3.63, 3.8) is 0 Å². The van der Waals surface area contributed by atoms with Gasteiger partial charge < -0.3 is 9.88 Å². The van der Waals surface area contributed by atoms with Crippen LogP contribution in [0.25, 0.3) is 10.9 Å². The molecule has 5 nitrogen and oxygen atoms in total. The molecule has 1 atom stereocenters. The number of benzene rings is 1. The number of aryl methyl sites for hydroxylation is 1. The maximum absolute atomic E-state index is 11.9. The van der Waals surface area contributed by atoms with Gasteiger partial charge in [-0.1, -0.05) is 25.1 Å². The highest BCUT2D eigenvalue weighted by molar-refractivity contribution is 7.91. The predicted molar refractivity (Wildman–Crippen MR) is 88.5 cm³/mol. The van der Waals surface area contributed by atoms with Gasteiger partial charge in [-0.05, 0) is 24.4 Å². The van der Waals surface area contributed by atoms with Crippen LogP contribution in [-0.4, -0.2) is 36.4 Å². The molecule has 2 rings (SSSR count). The van der Waals surface area contributed by atoms with Crippen LogP contribution in [0.5, 0.6) is 0 Å². The van der Waals surface area contributed by atoms with E-state index >= 15 is 0 Å². The summed E-state index contributed by atoms with van der Waals surface area (Å²) in [5.41, 5.74) is 1.09. The quantitative estimate of drug-likeness (QED) is 0.847. The number of hydrogen-bond donors (Lipinski definition) is 1. The van der Waals surface area contributed by atoms with E-state index in [0.29, 0.717) is 13.0 Å². The number of carbonyl (C=O) groups is 1. The van der Waals surface area contributed by atoms with E-state index in [-0.39, 0.29) is 23.5 Å². The Bertz CT molecular complexity index is 750. The van der Waals surface area contributed by atoms with E-state index in [0.717, 1.165) is 10.9 Å². The fraction of sp³-hybridized carbons (Fsp3) is 0.438. The van der Waals surface area contributed by atoms with Crippen molar-refractivity contribution in [2.24, 2.45) is 0 Å². The van der Waals surface area contributed by atoms with Gasteiger partial charge in [0.15, 0.2) is 9.84 Å². The second-order valence-electron chi connectivity index (χ2n) is 5.49. The summed E-state index contributed by atoms with van der Waals surface area (Å²) in [7, 11) is -3.07. The van der Waals surface area contributed by atoms with Crippen LogP contribution in [-0.2, 0) is 21.2 Å². The molecule has 0 bridgehead atoms. The Balaban J connectivity index is 1.88. The summed E-state index contributed by atoms with van der Waals surface area (Å²) in [5, 5.41) is 3.89. The van der Waals surface area contributed by atoms with Crippen LogP contribution in [0, 0.1) is 0 Å². The van der Waals surface area contributed by atoms with Crippen LogP contribution in [0.2, 0.25) is 0 Å². The molecule has 0 aliphatic rings. The monoisotopic (exact) mass is 322 g/mol. The Hall–Kier alpha value is -1.82. The number of para-hydroxylation sites is 1. The van der Waals surface area contributed by atoms with Gasteiger partial charge in [-0.2, -0.15) is 0 Å². The lowest BCUT2D eigenvalue weighted by atomic mass is 10.2. The van der Waals surface area contributed by atoms with Crippen LogP contribution >= 0.6 is 0 Å². The number of hydrogen-bond acceptors (Lipinski definition) is 3. The first-order chi connectivity index (χ1) is 10.4. The van der Waals surface area contributed by atoms with E-state index in [1.165, 1.54) is 0 Å². The molecule has 1 aromatic heterocycles. The van der Waals surface area contributed by atoms with E-state index in [4.69, 9.17) is 0 Å². The molecule has 0 aliphatic heterocycles. The predicted octanol–water partition coefficient (Wildman–Crippen LogP) is 1.97. The lowest BCUT2D eigenvalue weighted by Crippen LogP contribution is -2.38. The summed E-state index contributed by atoms with van der Waals surface area (Å²) in [6.07, 6.45) is 2.29. The number of fused-ring (bicyclic) bond motifs is 1.